The molecule has 0 fully saturated rings. The van der Waals surface area contributed by atoms with Crippen molar-refractivity contribution in [2.45, 2.75) is 39.7 Å². The molecule has 3 rings (SSSR count). The van der Waals surface area contributed by atoms with Gasteiger partial charge in [0.25, 0.3) is 5.91 Å². The third-order valence-corrected chi connectivity index (χ3v) is 4.75. The van der Waals surface area contributed by atoms with E-state index in [9.17, 15) is 9.59 Å². The van der Waals surface area contributed by atoms with Crippen molar-refractivity contribution >= 4 is 28.2 Å². The van der Waals surface area contributed by atoms with Gasteiger partial charge in [-0.2, -0.15) is 0 Å². The van der Waals surface area contributed by atoms with Crippen molar-refractivity contribution in [3.8, 4) is 5.75 Å². The first kappa shape index (κ1) is 15.7. The summed E-state index contributed by atoms with van der Waals surface area (Å²) >= 11 is 1.43. The lowest BCUT2D eigenvalue weighted by Gasteiger charge is -2.31. The van der Waals surface area contributed by atoms with E-state index < -0.39 is 5.60 Å². The van der Waals surface area contributed by atoms with Crippen molar-refractivity contribution in [3.05, 3.63) is 39.9 Å². The maximum absolute atomic E-state index is 12.4. The van der Waals surface area contributed by atoms with Gasteiger partial charge in [0.15, 0.2) is 10.9 Å². The summed E-state index contributed by atoms with van der Waals surface area (Å²) in [5.74, 6) is 0.245. The number of carbonyl (C=O) groups excluding carboxylic acids is 2. The molecule has 0 atom stereocenters. The molecule has 0 aliphatic carbocycles. The fourth-order valence-corrected chi connectivity index (χ4v) is 3.30. The third kappa shape index (κ3) is 3.12. The Balaban J connectivity index is 1.85. The normalized spacial score (nSPS) is 15.7. The van der Waals surface area contributed by atoms with Crippen LogP contribution in [0.2, 0.25) is 0 Å². The number of rotatable bonds is 2. The van der Waals surface area contributed by atoms with Crippen molar-refractivity contribution in [1.82, 2.24) is 4.98 Å². The molecule has 1 aromatic heterocycles. The molecule has 1 amide bonds. The molecular weight excluding hydrogens is 312 g/mol. The molecule has 2 aromatic rings. The first-order valence-corrected chi connectivity index (χ1v) is 8.18. The number of hydrogen-bond acceptors (Lipinski definition) is 5. The van der Waals surface area contributed by atoms with Crippen molar-refractivity contribution in [2.75, 3.05) is 5.32 Å². The number of Topliss-reactive ketones (excluding diaryl/α,β-unsaturated/α-hetero) is 1. The SMILES string of the molecule is Cc1nc(NC(=O)c2ccc3c(c2)C(=O)CC(C)(C)O3)sc1C. The predicted molar refractivity (Wildman–Crippen MR) is 89.6 cm³/mol. The van der Waals surface area contributed by atoms with E-state index in [1.54, 1.807) is 18.2 Å². The number of ketones is 1. The Morgan fingerprint density at radius 1 is 1.35 bits per heavy atom. The molecule has 1 aliphatic rings. The van der Waals surface area contributed by atoms with Gasteiger partial charge < -0.3 is 4.74 Å². The molecule has 5 nitrogen and oxygen atoms in total. The lowest BCUT2D eigenvalue weighted by molar-refractivity contribution is 0.0620. The molecule has 1 aromatic carbocycles. The number of amides is 1. The summed E-state index contributed by atoms with van der Waals surface area (Å²) in [6.45, 7) is 7.61. The molecule has 0 unspecified atom stereocenters. The number of nitrogens with one attached hydrogen (secondary N) is 1. The zero-order valence-electron chi connectivity index (χ0n) is 13.5. The predicted octanol–water partition coefficient (Wildman–Crippen LogP) is 3.76. The monoisotopic (exact) mass is 330 g/mol. The Morgan fingerprint density at radius 2 is 2.09 bits per heavy atom. The van der Waals surface area contributed by atoms with Crippen molar-refractivity contribution in [2.24, 2.45) is 0 Å². The number of benzene rings is 1. The fourth-order valence-electron chi connectivity index (χ4n) is 2.49. The molecule has 0 bridgehead atoms. The van der Waals surface area contributed by atoms with Crippen molar-refractivity contribution in [1.29, 1.82) is 0 Å². The average Bonchev–Trinajstić information content (AvgIpc) is 2.75. The van der Waals surface area contributed by atoms with Gasteiger partial charge in [-0.1, -0.05) is 0 Å². The summed E-state index contributed by atoms with van der Waals surface area (Å²) in [5.41, 5.74) is 1.28. The van der Waals surface area contributed by atoms with E-state index in [0.717, 1.165) is 10.6 Å². The Morgan fingerprint density at radius 3 is 2.74 bits per heavy atom. The van der Waals surface area contributed by atoms with E-state index in [-0.39, 0.29) is 11.7 Å². The first-order chi connectivity index (χ1) is 10.7. The molecule has 2 heterocycles. The zero-order valence-corrected chi connectivity index (χ0v) is 14.3. The van der Waals surface area contributed by atoms with Gasteiger partial charge in [0.1, 0.15) is 11.4 Å². The molecule has 0 radical (unpaired) electrons. The lowest BCUT2D eigenvalue weighted by atomic mass is 9.92. The number of thiazole rings is 1. The average molecular weight is 330 g/mol. The molecule has 1 N–H and O–H groups in total. The molecule has 120 valence electrons. The number of nitrogens with zero attached hydrogens (tertiary/aromatic N) is 1. The summed E-state index contributed by atoms with van der Waals surface area (Å²) in [5, 5.41) is 3.34. The maximum Gasteiger partial charge on any atom is 0.257 e. The van der Waals surface area contributed by atoms with Gasteiger partial charge >= 0.3 is 0 Å². The van der Waals surface area contributed by atoms with Crippen LogP contribution in [0.1, 0.15) is 51.6 Å². The molecular formula is C17H18N2O3S. The largest absolute Gasteiger partial charge is 0.487 e. The number of hydrogen-bond donors (Lipinski definition) is 1. The summed E-state index contributed by atoms with van der Waals surface area (Å²) < 4.78 is 5.80. The zero-order chi connectivity index (χ0) is 16.8. The number of ether oxygens (including phenoxy) is 1. The smallest absolute Gasteiger partial charge is 0.257 e. The van der Waals surface area contributed by atoms with Gasteiger partial charge in [-0.25, -0.2) is 4.98 Å². The van der Waals surface area contributed by atoms with Crippen LogP contribution in [0.3, 0.4) is 0 Å². The highest BCUT2D eigenvalue weighted by Gasteiger charge is 2.32. The second kappa shape index (κ2) is 5.45. The molecule has 0 spiro atoms. The highest BCUT2D eigenvalue weighted by Crippen LogP contribution is 2.33. The van der Waals surface area contributed by atoms with E-state index in [0.29, 0.717) is 28.4 Å². The Labute approximate surface area is 138 Å². The van der Waals surface area contributed by atoms with Gasteiger partial charge in [-0.3, -0.25) is 14.9 Å². The van der Waals surface area contributed by atoms with Gasteiger partial charge in [0.2, 0.25) is 0 Å². The topological polar surface area (TPSA) is 68.3 Å². The lowest BCUT2D eigenvalue weighted by Crippen LogP contribution is -2.36. The van der Waals surface area contributed by atoms with E-state index in [1.165, 1.54) is 11.3 Å². The summed E-state index contributed by atoms with van der Waals surface area (Å²) in [4.78, 5) is 30.0. The Bertz CT molecular complexity index is 789. The van der Waals surface area contributed by atoms with Crippen LogP contribution in [0.15, 0.2) is 18.2 Å². The van der Waals surface area contributed by atoms with Crippen LogP contribution in [0.25, 0.3) is 0 Å². The van der Waals surface area contributed by atoms with Crippen LogP contribution in [-0.2, 0) is 0 Å². The number of fused-ring (bicyclic) bond motifs is 1. The standard InChI is InChI=1S/C17H18N2O3S/c1-9-10(2)23-16(18-9)19-15(21)11-5-6-14-12(7-11)13(20)8-17(3,4)22-14/h5-7H,8H2,1-4H3,(H,18,19,21). The molecule has 1 aliphatic heterocycles. The molecule has 0 saturated heterocycles. The minimum absolute atomic E-state index is 0.00756. The van der Waals surface area contributed by atoms with Crippen LogP contribution in [-0.4, -0.2) is 22.3 Å². The van der Waals surface area contributed by atoms with Gasteiger partial charge in [-0.05, 0) is 45.9 Å². The van der Waals surface area contributed by atoms with E-state index >= 15 is 0 Å². The number of aromatic nitrogens is 1. The minimum atomic E-state index is -0.510. The number of carbonyl (C=O) groups is 2. The Hall–Kier alpha value is -2.21. The van der Waals surface area contributed by atoms with E-state index in [2.05, 4.69) is 10.3 Å². The third-order valence-electron chi connectivity index (χ3n) is 3.76. The van der Waals surface area contributed by atoms with Crippen LogP contribution in [0.5, 0.6) is 5.75 Å². The molecule has 23 heavy (non-hydrogen) atoms. The summed E-state index contributed by atoms with van der Waals surface area (Å²) in [6.07, 6.45) is 0.302. The van der Waals surface area contributed by atoms with Crippen molar-refractivity contribution < 1.29 is 14.3 Å². The summed E-state index contributed by atoms with van der Waals surface area (Å²) in [7, 11) is 0. The highest BCUT2D eigenvalue weighted by atomic mass is 32.1. The quantitative estimate of drug-likeness (QED) is 0.910. The van der Waals surface area contributed by atoms with Crippen molar-refractivity contribution in [3.63, 3.8) is 0 Å². The first-order valence-electron chi connectivity index (χ1n) is 7.37. The molecule has 6 heteroatoms. The van der Waals surface area contributed by atoms with Crippen LogP contribution in [0.4, 0.5) is 5.13 Å². The van der Waals surface area contributed by atoms with E-state index in [1.807, 2.05) is 27.7 Å². The fraction of sp³-hybridized carbons (Fsp3) is 0.353. The van der Waals surface area contributed by atoms with Gasteiger partial charge in [0, 0.05) is 10.4 Å². The number of aryl methyl sites for hydroxylation is 2. The van der Waals surface area contributed by atoms with Crippen LogP contribution in [0, 0.1) is 13.8 Å². The highest BCUT2D eigenvalue weighted by molar-refractivity contribution is 7.15. The maximum atomic E-state index is 12.4. The molecule has 0 saturated carbocycles. The van der Waals surface area contributed by atoms with Gasteiger partial charge in [0.05, 0.1) is 17.7 Å². The minimum Gasteiger partial charge on any atom is -0.487 e. The van der Waals surface area contributed by atoms with E-state index in [4.69, 9.17) is 4.74 Å². The number of anilines is 1. The summed E-state index contributed by atoms with van der Waals surface area (Å²) in [6, 6.07) is 4.94. The Kier molecular flexibility index (Phi) is 3.72. The van der Waals surface area contributed by atoms with Gasteiger partial charge in [-0.15, -0.1) is 11.3 Å². The van der Waals surface area contributed by atoms with Crippen LogP contribution < -0.4 is 10.1 Å². The second-order valence-corrected chi connectivity index (χ2v) is 7.49. The van der Waals surface area contributed by atoms with Crippen LogP contribution >= 0.6 is 11.3 Å². The second-order valence-electron chi connectivity index (χ2n) is 6.29.